The van der Waals surface area contributed by atoms with E-state index in [2.05, 4.69) is 13.2 Å². The summed E-state index contributed by atoms with van der Waals surface area (Å²) >= 11 is 1.51. The fourth-order valence-electron chi connectivity index (χ4n) is 2.09. The van der Waals surface area contributed by atoms with Crippen LogP contribution >= 0.6 is 23.5 Å². The van der Waals surface area contributed by atoms with E-state index in [1.165, 1.54) is 37.3 Å². The number of alkyl halides is 3. The Morgan fingerprint density at radius 3 is 1.81 bits per heavy atom. The lowest BCUT2D eigenvalue weighted by atomic mass is 10.2. The Morgan fingerprint density at radius 2 is 1.32 bits per heavy atom. The van der Waals surface area contributed by atoms with Crippen molar-refractivity contribution in [1.29, 1.82) is 0 Å². The molecule has 31 heavy (non-hydrogen) atoms. The summed E-state index contributed by atoms with van der Waals surface area (Å²) in [6.07, 6.45) is -4.80. The Kier molecular flexibility index (Phi) is 7.91. The van der Waals surface area contributed by atoms with Crippen molar-refractivity contribution in [3.63, 3.8) is 0 Å². The molecule has 0 amide bonds. The Labute approximate surface area is 185 Å². The highest BCUT2D eigenvalue weighted by Gasteiger charge is 2.35. The van der Waals surface area contributed by atoms with Crippen LogP contribution in [-0.2, 0) is 15.8 Å². The van der Waals surface area contributed by atoms with Crippen LogP contribution in [0.5, 0.6) is 5.75 Å². The van der Waals surface area contributed by atoms with Gasteiger partial charge in [0.25, 0.3) is 0 Å². The first-order valence-corrected chi connectivity index (χ1v) is 10.3. The van der Waals surface area contributed by atoms with Crippen LogP contribution in [0.25, 0.3) is 0 Å². The number of rotatable bonds is 6. The smallest absolute Gasteiger partial charge is 0.420 e. The summed E-state index contributed by atoms with van der Waals surface area (Å²) in [5.74, 6) is -1.67. The van der Waals surface area contributed by atoms with Gasteiger partial charge in [-0.3, -0.25) is 9.59 Å². The van der Waals surface area contributed by atoms with Gasteiger partial charge in [0.2, 0.25) is 10.2 Å². The van der Waals surface area contributed by atoms with Gasteiger partial charge in [-0.2, -0.15) is 13.2 Å². The van der Waals surface area contributed by atoms with Gasteiger partial charge in [0.15, 0.2) is 0 Å². The van der Waals surface area contributed by atoms with E-state index in [4.69, 9.17) is 4.74 Å². The summed E-state index contributed by atoms with van der Waals surface area (Å²) in [4.78, 5) is 36.3. The van der Waals surface area contributed by atoms with E-state index in [0.717, 1.165) is 23.9 Å². The van der Waals surface area contributed by atoms with Crippen molar-refractivity contribution in [2.45, 2.75) is 29.8 Å². The summed E-state index contributed by atoms with van der Waals surface area (Å²) in [5.41, 5.74) is -0.615. The van der Waals surface area contributed by atoms with E-state index in [1.807, 2.05) is 0 Å². The van der Waals surface area contributed by atoms with Crippen LogP contribution in [0.4, 0.5) is 13.2 Å². The number of benzene rings is 2. The summed E-state index contributed by atoms with van der Waals surface area (Å²) < 4.78 is 45.4. The number of hydrogen-bond acceptors (Lipinski definition) is 6. The summed E-state index contributed by atoms with van der Waals surface area (Å²) in [5, 5.41) is -0.714. The van der Waals surface area contributed by atoms with Gasteiger partial charge >= 0.3 is 12.1 Å². The van der Waals surface area contributed by atoms with Crippen LogP contribution in [0.1, 0.15) is 29.8 Å². The van der Waals surface area contributed by atoms with E-state index in [1.54, 1.807) is 6.92 Å². The standard InChI is InChI=1S/C22H17F3O4S2/c1-12(2)20(27)30-15-7-5-14(6-8-15)19(26)29-18-10-9-16(31-21(28)13(3)4)11-17(18)22(23,24)25/h5-11H,1,3H2,2,4H3. The number of esters is 1. The molecular formula is C22H17F3O4S2. The zero-order chi connectivity index (χ0) is 23.3. The Bertz CT molecular complexity index is 1060. The van der Waals surface area contributed by atoms with Crippen molar-refractivity contribution in [2.24, 2.45) is 0 Å². The largest absolute Gasteiger partial charge is 0.422 e. The number of halogens is 3. The lowest BCUT2D eigenvalue weighted by Gasteiger charge is -2.14. The molecule has 0 heterocycles. The third-order valence-electron chi connectivity index (χ3n) is 3.67. The predicted molar refractivity (Wildman–Crippen MR) is 114 cm³/mol. The molecule has 0 fully saturated rings. The van der Waals surface area contributed by atoms with Crippen LogP contribution < -0.4 is 4.74 Å². The van der Waals surface area contributed by atoms with Gasteiger partial charge in [0, 0.05) is 9.79 Å². The molecule has 0 aromatic heterocycles. The second kappa shape index (κ2) is 10.0. The Balaban J connectivity index is 2.23. The third kappa shape index (κ3) is 6.86. The van der Waals surface area contributed by atoms with Crippen molar-refractivity contribution in [3.8, 4) is 5.75 Å². The molecule has 0 aliphatic carbocycles. The number of carbonyl (C=O) groups excluding carboxylic acids is 3. The highest BCUT2D eigenvalue weighted by atomic mass is 32.2. The molecule has 0 saturated carbocycles. The molecule has 4 nitrogen and oxygen atoms in total. The fraction of sp³-hybridized carbons (Fsp3) is 0.136. The number of carbonyl (C=O) groups is 3. The molecule has 2 aromatic rings. The van der Waals surface area contributed by atoms with E-state index >= 15 is 0 Å². The molecule has 0 bridgehead atoms. The molecule has 9 heteroatoms. The Morgan fingerprint density at radius 1 is 0.839 bits per heavy atom. The zero-order valence-corrected chi connectivity index (χ0v) is 18.2. The van der Waals surface area contributed by atoms with Crippen LogP contribution in [0.3, 0.4) is 0 Å². The first kappa shape index (κ1) is 24.5. The number of hydrogen-bond donors (Lipinski definition) is 0. The maximum Gasteiger partial charge on any atom is 0.420 e. The minimum Gasteiger partial charge on any atom is -0.422 e. The van der Waals surface area contributed by atoms with Gasteiger partial charge < -0.3 is 4.74 Å². The highest BCUT2D eigenvalue weighted by molar-refractivity contribution is 8.14. The maximum absolute atomic E-state index is 13.5. The summed E-state index contributed by atoms with van der Waals surface area (Å²) in [6.45, 7) is 10.0. The van der Waals surface area contributed by atoms with Crippen LogP contribution in [0.2, 0.25) is 0 Å². The SMILES string of the molecule is C=C(C)C(=O)Sc1ccc(C(=O)Oc2ccc(SC(=O)C(=C)C)cc2C(F)(F)F)cc1. The van der Waals surface area contributed by atoms with Gasteiger partial charge in [-0.05, 0) is 91.0 Å². The molecule has 0 atom stereocenters. The average Bonchev–Trinajstić information content (AvgIpc) is 2.68. The minimum atomic E-state index is -4.80. The lowest BCUT2D eigenvalue weighted by molar-refractivity contribution is -0.138. The Hall–Kier alpha value is -2.78. The predicted octanol–water partition coefficient (Wildman–Crippen LogP) is 6.31. The molecule has 0 N–H and O–H groups in total. The van der Waals surface area contributed by atoms with Crippen molar-refractivity contribution in [2.75, 3.05) is 0 Å². The molecule has 0 aliphatic heterocycles. The van der Waals surface area contributed by atoms with Crippen molar-refractivity contribution in [3.05, 3.63) is 77.9 Å². The van der Waals surface area contributed by atoms with Crippen LogP contribution in [0.15, 0.2) is 76.6 Å². The highest BCUT2D eigenvalue weighted by Crippen LogP contribution is 2.39. The van der Waals surface area contributed by atoms with E-state index in [-0.39, 0.29) is 21.1 Å². The van der Waals surface area contributed by atoms with Gasteiger partial charge in [0.1, 0.15) is 5.75 Å². The number of ether oxygens (including phenoxy) is 1. The fourth-order valence-corrected chi connectivity index (χ4v) is 3.45. The first-order chi connectivity index (χ1) is 14.4. The quantitative estimate of drug-likeness (QED) is 0.215. The zero-order valence-electron chi connectivity index (χ0n) is 16.5. The minimum absolute atomic E-state index is 0.0103. The van der Waals surface area contributed by atoms with E-state index in [0.29, 0.717) is 22.2 Å². The summed E-state index contributed by atoms with van der Waals surface area (Å²) in [6, 6.07) is 8.65. The van der Waals surface area contributed by atoms with Crippen molar-refractivity contribution >= 4 is 39.7 Å². The lowest BCUT2D eigenvalue weighted by Crippen LogP contribution is -2.14. The summed E-state index contributed by atoms with van der Waals surface area (Å²) in [7, 11) is 0. The molecule has 0 aliphatic rings. The molecule has 162 valence electrons. The van der Waals surface area contributed by atoms with Crippen LogP contribution in [0, 0.1) is 0 Å². The van der Waals surface area contributed by atoms with Gasteiger partial charge in [-0.25, -0.2) is 4.79 Å². The van der Waals surface area contributed by atoms with Crippen molar-refractivity contribution in [1.82, 2.24) is 0 Å². The van der Waals surface area contributed by atoms with Gasteiger partial charge in [-0.15, -0.1) is 0 Å². The average molecular weight is 467 g/mol. The monoisotopic (exact) mass is 466 g/mol. The second-order valence-corrected chi connectivity index (χ2v) is 8.50. The van der Waals surface area contributed by atoms with E-state index in [9.17, 15) is 27.6 Å². The van der Waals surface area contributed by atoms with Gasteiger partial charge in [0.05, 0.1) is 11.1 Å². The second-order valence-electron chi connectivity index (χ2n) is 6.41. The number of thioether (sulfide) groups is 2. The molecule has 2 rings (SSSR count). The molecule has 0 radical (unpaired) electrons. The van der Waals surface area contributed by atoms with E-state index < -0.39 is 28.6 Å². The maximum atomic E-state index is 13.5. The third-order valence-corrected chi connectivity index (χ3v) is 5.73. The van der Waals surface area contributed by atoms with Crippen LogP contribution in [-0.4, -0.2) is 16.2 Å². The normalized spacial score (nSPS) is 11.0. The molecule has 2 aromatic carbocycles. The molecule has 0 spiro atoms. The molecule has 0 saturated heterocycles. The van der Waals surface area contributed by atoms with Gasteiger partial charge in [-0.1, -0.05) is 13.2 Å². The topological polar surface area (TPSA) is 60.4 Å². The molecule has 0 unspecified atom stereocenters. The molecular weight excluding hydrogens is 449 g/mol. The first-order valence-electron chi connectivity index (χ1n) is 8.67. The van der Waals surface area contributed by atoms with Crippen molar-refractivity contribution < 1.29 is 32.3 Å².